The third-order valence-corrected chi connectivity index (χ3v) is 2.02. The van der Waals surface area contributed by atoms with Crippen LogP contribution in [0.1, 0.15) is 25.0 Å². The summed E-state index contributed by atoms with van der Waals surface area (Å²) in [4.78, 5) is 0. The molecule has 1 unspecified atom stereocenters. The van der Waals surface area contributed by atoms with E-state index < -0.39 is 11.9 Å². The molecule has 1 N–H and O–H groups in total. The molecule has 0 radical (unpaired) electrons. The Balaban J connectivity index is 2.91. The minimum atomic E-state index is -0.916. The van der Waals surface area contributed by atoms with Crippen LogP contribution in [-0.2, 0) is 0 Å². The Morgan fingerprint density at radius 3 is 2.93 bits per heavy atom. The van der Waals surface area contributed by atoms with E-state index in [2.05, 4.69) is 11.8 Å². The van der Waals surface area contributed by atoms with Gasteiger partial charge in [0.1, 0.15) is 5.82 Å². The van der Waals surface area contributed by atoms with Crippen LogP contribution in [0.5, 0.6) is 0 Å². The summed E-state index contributed by atoms with van der Waals surface area (Å²) < 4.78 is 13.2. The predicted octanol–water partition coefficient (Wildman–Crippen LogP) is 2.93. The first-order chi connectivity index (χ1) is 6.65. The van der Waals surface area contributed by atoms with E-state index in [9.17, 15) is 9.50 Å². The van der Waals surface area contributed by atoms with Crippen molar-refractivity contribution in [3.05, 3.63) is 34.6 Å². The topological polar surface area (TPSA) is 20.2 Å². The Hall–Kier alpha value is -1.04. The van der Waals surface area contributed by atoms with Gasteiger partial charge in [-0.25, -0.2) is 4.39 Å². The van der Waals surface area contributed by atoms with E-state index in [4.69, 9.17) is 11.6 Å². The normalized spacial score (nSPS) is 11.7. The zero-order valence-corrected chi connectivity index (χ0v) is 8.48. The van der Waals surface area contributed by atoms with E-state index in [1.165, 1.54) is 18.2 Å². The lowest BCUT2D eigenvalue weighted by molar-refractivity contribution is 0.179. The second-order valence-electron chi connectivity index (χ2n) is 2.81. The quantitative estimate of drug-likeness (QED) is 0.748. The highest BCUT2D eigenvalue weighted by Crippen LogP contribution is 2.23. The van der Waals surface area contributed by atoms with Crippen molar-refractivity contribution in [3.63, 3.8) is 0 Å². The number of aliphatic hydroxyl groups is 1. The van der Waals surface area contributed by atoms with Crippen molar-refractivity contribution in [2.24, 2.45) is 0 Å². The second-order valence-corrected chi connectivity index (χ2v) is 3.25. The van der Waals surface area contributed by atoms with Gasteiger partial charge in [-0.05, 0) is 25.1 Å². The molecule has 0 amide bonds. The van der Waals surface area contributed by atoms with Gasteiger partial charge in [0.15, 0.2) is 0 Å². The molecule has 0 saturated heterocycles. The first kappa shape index (κ1) is 11.0. The highest BCUT2D eigenvalue weighted by molar-refractivity contribution is 6.30. The van der Waals surface area contributed by atoms with Gasteiger partial charge < -0.3 is 5.11 Å². The third kappa shape index (κ3) is 2.73. The third-order valence-electron chi connectivity index (χ3n) is 1.79. The molecule has 1 aromatic rings. The molecule has 1 aromatic carbocycles. The van der Waals surface area contributed by atoms with Crippen molar-refractivity contribution in [3.8, 4) is 11.8 Å². The van der Waals surface area contributed by atoms with Crippen LogP contribution in [0, 0.1) is 17.7 Å². The number of halogens is 2. The lowest BCUT2D eigenvalue weighted by atomic mass is 10.1. The van der Waals surface area contributed by atoms with Crippen molar-refractivity contribution < 1.29 is 9.50 Å². The van der Waals surface area contributed by atoms with E-state index in [0.29, 0.717) is 5.02 Å². The fourth-order valence-corrected chi connectivity index (χ4v) is 1.26. The highest BCUT2D eigenvalue weighted by atomic mass is 35.5. The van der Waals surface area contributed by atoms with E-state index in [0.717, 1.165) is 0 Å². The van der Waals surface area contributed by atoms with Crippen LogP contribution in [0.2, 0.25) is 5.02 Å². The minimum Gasteiger partial charge on any atom is -0.387 e. The van der Waals surface area contributed by atoms with Crippen LogP contribution in [0.3, 0.4) is 0 Å². The van der Waals surface area contributed by atoms with Crippen molar-refractivity contribution >= 4 is 11.6 Å². The van der Waals surface area contributed by atoms with E-state index in [-0.39, 0.29) is 12.0 Å². The van der Waals surface area contributed by atoms with E-state index in [1.54, 1.807) is 6.92 Å². The second kappa shape index (κ2) is 4.99. The number of aliphatic hydroxyl groups excluding tert-OH is 1. The van der Waals surface area contributed by atoms with Crippen LogP contribution in [0.25, 0.3) is 0 Å². The summed E-state index contributed by atoms with van der Waals surface area (Å²) in [5, 5.41) is 9.96. The molecule has 0 spiro atoms. The standard InChI is InChI=1S/C11H10ClFO/c1-2-3-4-11(14)9-7-8(12)5-6-10(9)13/h5-7,11,14H,4H2,1H3. The molecule has 0 fully saturated rings. The van der Waals surface area contributed by atoms with Gasteiger partial charge in [-0.3, -0.25) is 0 Å². The molecular weight excluding hydrogens is 203 g/mol. The molecule has 0 aliphatic rings. The van der Waals surface area contributed by atoms with Crippen molar-refractivity contribution in [1.29, 1.82) is 0 Å². The number of hydrogen-bond acceptors (Lipinski definition) is 1. The van der Waals surface area contributed by atoms with Crippen LogP contribution in [0.15, 0.2) is 18.2 Å². The monoisotopic (exact) mass is 212 g/mol. The zero-order chi connectivity index (χ0) is 10.6. The summed E-state index contributed by atoms with van der Waals surface area (Å²) >= 11 is 5.68. The molecule has 1 nitrogen and oxygen atoms in total. The van der Waals surface area contributed by atoms with Crippen molar-refractivity contribution in [1.82, 2.24) is 0 Å². The lowest BCUT2D eigenvalue weighted by Crippen LogP contribution is -1.99. The van der Waals surface area contributed by atoms with Gasteiger partial charge in [-0.2, -0.15) is 0 Å². The molecule has 0 bridgehead atoms. The number of benzene rings is 1. The largest absolute Gasteiger partial charge is 0.387 e. The maximum atomic E-state index is 13.2. The highest BCUT2D eigenvalue weighted by Gasteiger charge is 2.11. The fourth-order valence-electron chi connectivity index (χ4n) is 1.08. The van der Waals surface area contributed by atoms with Crippen molar-refractivity contribution in [2.45, 2.75) is 19.4 Å². The zero-order valence-electron chi connectivity index (χ0n) is 7.72. The molecule has 1 atom stereocenters. The molecule has 1 rings (SSSR count). The Bertz CT molecular complexity index is 379. The van der Waals surface area contributed by atoms with Crippen LogP contribution in [-0.4, -0.2) is 5.11 Å². The van der Waals surface area contributed by atoms with Crippen LogP contribution >= 0.6 is 11.6 Å². The summed E-state index contributed by atoms with van der Waals surface area (Å²) in [6.45, 7) is 1.67. The number of rotatable bonds is 2. The van der Waals surface area contributed by atoms with Crippen LogP contribution < -0.4 is 0 Å². The summed E-state index contributed by atoms with van der Waals surface area (Å²) in [6.07, 6.45) is -0.700. The first-order valence-electron chi connectivity index (χ1n) is 4.17. The lowest BCUT2D eigenvalue weighted by Gasteiger charge is -2.08. The molecule has 0 saturated carbocycles. The smallest absolute Gasteiger partial charge is 0.129 e. The Kier molecular flexibility index (Phi) is 3.94. The van der Waals surface area contributed by atoms with Gasteiger partial charge in [0.2, 0.25) is 0 Å². The molecule has 0 aliphatic heterocycles. The van der Waals surface area contributed by atoms with E-state index in [1.807, 2.05) is 0 Å². The average Bonchev–Trinajstić information content (AvgIpc) is 2.18. The van der Waals surface area contributed by atoms with Gasteiger partial charge in [0.25, 0.3) is 0 Å². The molecule has 14 heavy (non-hydrogen) atoms. The maximum absolute atomic E-state index is 13.2. The summed E-state index contributed by atoms with van der Waals surface area (Å²) in [5.41, 5.74) is 0.195. The summed E-state index contributed by atoms with van der Waals surface area (Å²) in [7, 11) is 0. The average molecular weight is 213 g/mol. The number of hydrogen-bond donors (Lipinski definition) is 1. The summed E-state index contributed by atoms with van der Waals surface area (Å²) in [5.74, 6) is 4.86. The summed E-state index contributed by atoms with van der Waals surface area (Å²) in [6, 6.07) is 4.10. The molecule has 74 valence electrons. The van der Waals surface area contributed by atoms with Gasteiger partial charge >= 0.3 is 0 Å². The molecular formula is C11H10ClFO. The van der Waals surface area contributed by atoms with Crippen LogP contribution in [0.4, 0.5) is 4.39 Å². The van der Waals surface area contributed by atoms with Gasteiger partial charge in [-0.1, -0.05) is 11.6 Å². The molecule has 0 aromatic heterocycles. The Morgan fingerprint density at radius 1 is 1.57 bits per heavy atom. The van der Waals surface area contributed by atoms with Gasteiger partial charge in [0.05, 0.1) is 6.10 Å². The molecule has 3 heteroatoms. The van der Waals surface area contributed by atoms with Gasteiger partial charge in [0, 0.05) is 17.0 Å². The predicted molar refractivity (Wildman–Crippen MR) is 54.4 cm³/mol. The van der Waals surface area contributed by atoms with E-state index >= 15 is 0 Å². The van der Waals surface area contributed by atoms with Crippen molar-refractivity contribution in [2.75, 3.05) is 0 Å². The fraction of sp³-hybridized carbons (Fsp3) is 0.273. The SMILES string of the molecule is CC#CCC(O)c1cc(Cl)ccc1F. The Labute approximate surface area is 87.5 Å². The molecule has 0 heterocycles. The first-order valence-corrected chi connectivity index (χ1v) is 4.55. The van der Waals surface area contributed by atoms with Gasteiger partial charge in [-0.15, -0.1) is 11.8 Å². The minimum absolute atomic E-state index is 0.195. The Morgan fingerprint density at radius 2 is 2.29 bits per heavy atom. The molecule has 0 aliphatic carbocycles. The maximum Gasteiger partial charge on any atom is 0.129 e.